The third-order valence-electron chi connectivity index (χ3n) is 2.36. The van der Waals surface area contributed by atoms with Crippen molar-refractivity contribution in [3.8, 4) is 0 Å². The van der Waals surface area contributed by atoms with Gasteiger partial charge in [0.15, 0.2) is 0 Å². The number of furan rings is 1. The molecule has 1 unspecified atom stereocenters. The van der Waals surface area contributed by atoms with E-state index in [1.165, 1.54) is 0 Å². The van der Waals surface area contributed by atoms with Gasteiger partial charge in [-0.3, -0.25) is 0 Å². The van der Waals surface area contributed by atoms with Gasteiger partial charge in [-0.1, -0.05) is 6.07 Å². The minimum atomic E-state index is -0.780. The topological polar surface area (TPSA) is 72.3 Å². The maximum Gasteiger partial charge on any atom is 0.129 e. The zero-order valence-corrected chi connectivity index (χ0v) is 8.34. The third kappa shape index (κ3) is 1.71. The predicted molar refractivity (Wildman–Crippen MR) is 56.2 cm³/mol. The van der Waals surface area contributed by atoms with Gasteiger partial charge in [-0.15, -0.1) is 0 Å². The monoisotopic (exact) mass is 204 g/mol. The van der Waals surface area contributed by atoms with E-state index in [0.29, 0.717) is 17.1 Å². The maximum atomic E-state index is 10.1. The van der Waals surface area contributed by atoms with Crippen LogP contribution in [-0.4, -0.2) is 10.1 Å². The Balaban J connectivity index is 2.41. The molecule has 0 radical (unpaired) electrons. The van der Waals surface area contributed by atoms with Gasteiger partial charge < -0.3 is 15.3 Å². The van der Waals surface area contributed by atoms with Gasteiger partial charge in [0.1, 0.15) is 17.7 Å². The first-order chi connectivity index (χ1) is 7.20. The third-order valence-corrected chi connectivity index (χ3v) is 2.36. The Bertz CT molecular complexity index is 465. The van der Waals surface area contributed by atoms with Gasteiger partial charge in [0.25, 0.3) is 0 Å². The summed E-state index contributed by atoms with van der Waals surface area (Å²) in [4.78, 5) is 3.93. The van der Waals surface area contributed by atoms with Crippen LogP contribution >= 0.6 is 0 Å². The molecule has 0 aromatic carbocycles. The number of rotatable bonds is 2. The summed E-state index contributed by atoms with van der Waals surface area (Å²) in [6, 6.07) is 5.22. The van der Waals surface area contributed by atoms with Gasteiger partial charge in [-0.05, 0) is 19.1 Å². The number of hydrogen-bond acceptors (Lipinski definition) is 4. The number of anilines is 1. The minimum absolute atomic E-state index is 0.339. The average Bonchev–Trinajstić information content (AvgIpc) is 2.64. The van der Waals surface area contributed by atoms with E-state index in [-0.39, 0.29) is 0 Å². The largest absolute Gasteiger partial charge is 0.469 e. The van der Waals surface area contributed by atoms with Crippen molar-refractivity contribution in [2.24, 2.45) is 0 Å². The van der Waals surface area contributed by atoms with Crippen molar-refractivity contribution < 1.29 is 9.52 Å². The van der Waals surface area contributed by atoms with E-state index in [9.17, 15) is 5.11 Å². The van der Waals surface area contributed by atoms with E-state index in [1.807, 2.05) is 0 Å². The van der Waals surface area contributed by atoms with E-state index in [0.717, 1.165) is 5.56 Å². The summed E-state index contributed by atoms with van der Waals surface area (Å²) < 4.78 is 5.13. The molecule has 0 fully saturated rings. The molecule has 0 saturated carbocycles. The van der Waals surface area contributed by atoms with Crippen molar-refractivity contribution in [2.75, 3.05) is 5.73 Å². The van der Waals surface area contributed by atoms with E-state index in [1.54, 1.807) is 37.6 Å². The molecule has 1 atom stereocenters. The van der Waals surface area contributed by atoms with Crippen LogP contribution in [0.15, 0.2) is 35.1 Å². The van der Waals surface area contributed by atoms with Crippen LogP contribution in [0.5, 0.6) is 0 Å². The van der Waals surface area contributed by atoms with Gasteiger partial charge >= 0.3 is 0 Å². The van der Waals surface area contributed by atoms with Crippen LogP contribution in [0.4, 0.5) is 5.82 Å². The second kappa shape index (κ2) is 3.74. The van der Waals surface area contributed by atoms with E-state index >= 15 is 0 Å². The molecule has 0 aliphatic carbocycles. The zero-order chi connectivity index (χ0) is 10.8. The van der Waals surface area contributed by atoms with Gasteiger partial charge in [0.05, 0.1) is 6.26 Å². The first kappa shape index (κ1) is 9.73. The molecule has 2 aromatic heterocycles. The Kier molecular flexibility index (Phi) is 2.43. The summed E-state index contributed by atoms with van der Waals surface area (Å²) >= 11 is 0. The lowest BCUT2D eigenvalue weighted by molar-refractivity contribution is 0.218. The zero-order valence-electron chi connectivity index (χ0n) is 8.34. The molecule has 0 spiro atoms. The Hall–Kier alpha value is -1.81. The summed E-state index contributed by atoms with van der Waals surface area (Å²) in [5.41, 5.74) is 6.99. The number of nitrogens with zero attached hydrogens (tertiary/aromatic N) is 1. The van der Waals surface area contributed by atoms with E-state index < -0.39 is 6.10 Å². The van der Waals surface area contributed by atoms with E-state index in [2.05, 4.69) is 4.98 Å². The Morgan fingerprint density at radius 3 is 2.80 bits per heavy atom. The lowest BCUT2D eigenvalue weighted by Crippen LogP contribution is -2.05. The first-order valence-electron chi connectivity index (χ1n) is 4.62. The molecule has 15 heavy (non-hydrogen) atoms. The highest BCUT2D eigenvalue weighted by Crippen LogP contribution is 2.27. The molecule has 2 rings (SSSR count). The number of aliphatic hydroxyl groups is 1. The van der Waals surface area contributed by atoms with Gasteiger partial charge in [0.2, 0.25) is 0 Å². The Labute approximate surface area is 87.4 Å². The molecule has 0 aliphatic rings. The van der Waals surface area contributed by atoms with Crippen molar-refractivity contribution in [3.63, 3.8) is 0 Å². The highest BCUT2D eigenvalue weighted by atomic mass is 16.3. The predicted octanol–water partition coefficient (Wildman–Crippen LogP) is 1.65. The van der Waals surface area contributed by atoms with Gasteiger partial charge in [-0.25, -0.2) is 4.98 Å². The molecule has 2 aromatic rings. The summed E-state index contributed by atoms with van der Waals surface area (Å²) in [6.45, 7) is 1.80. The molecule has 2 heterocycles. The number of nitrogens with two attached hydrogens (primary N) is 1. The average molecular weight is 204 g/mol. The fraction of sp³-hybridized carbons (Fsp3) is 0.182. The number of hydrogen-bond donors (Lipinski definition) is 2. The molecule has 0 aliphatic heterocycles. The van der Waals surface area contributed by atoms with Crippen LogP contribution in [0, 0.1) is 6.92 Å². The molecular weight excluding hydrogens is 192 g/mol. The van der Waals surface area contributed by atoms with Crippen molar-refractivity contribution in [3.05, 3.63) is 47.5 Å². The molecule has 3 N–H and O–H groups in total. The molecule has 4 nitrogen and oxygen atoms in total. The molecule has 0 bridgehead atoms. The maximum absolute atomic E-state index is 10.1. The van der Waals surface area contributed by atoms with Crippen LogP contribution in [-0.2, 0) is 0 Å². The SMILES string of the molecule is Cc1occc1C(O)c1cccnc1N. The lowest BCUT2D eigenvalue weighted by Gasteiger charge is -2.11. The number of nitrogen functional groups attached to an aromatic ring is 1. The highest BCUT2D eigenvalue weighted by Gasteiger charge is 2.17. The Morgan fingerprint density at radius 1 is 1.40 bits per heavy atom. The summed E-state index contributed by atoms with van der Waals surface area (Å²) in [5, 5.41) is 10.1. The summed E-state index contributed by atoms with van der Waals surface area (Å²) in [5.74, 6) is 1.02. The van der Waals surface area contributed by atoms with Crippen molar-refractivity contribution in [2.45, 2.75) is 13.0 Å². The summed E-state index contributed by atoms with van der Waals surface area (Å²) in [7, 11) is 0. The minimum Gasteiger partial charge on any atom is -0.469 e. The van der Waals surface area contributed by atoms with Crippen LogP contribution in [0.25, 0.3) is 0 Å². The number of pyridine rings is 1. The number of aryl methyl sites for hydroxylation is 1. The standard InChI is InChI=1S/C11H12N2O2/c1-7-8(4-6-15-7)10(14)9-3-2-5-13-11(9)12/h2-6,10,14H,1H3,(H2,12,13). The fourth-order valence-electron chi connectivity index (χ4n) is 1.51. The molecule has 0 amide bonds. The normalized spacial score (nSPS) is 12.7. The molecular formula is C11H12N2O2. The van der Waals surface area contributed by atoms with Crippen LogP contribution in [0.1, 0.15) is 23.0 Å². The quantitative estimate of drug-likeness (QED) is 0.780. The fourth-order valence-corrected chi connectivity index (χ4v) is 1.51. The van der Waals surface area contributed by atoms with Crippen molar-refractivity contribution >= 4 is 5.82 Å². The number of aromatic nitrogens is 1. The smallest absolute Gasteiger partial charge is 0.129 e. The van der Waals surface area contributed by atoms with Crippen LogP contribution in [0.2, 0.25) is 0 Å². The molecule has 0 saturated heterocycles. The lowest BCUT2D eigenvalue weighted by atomic mass is 10.0. The number of aliphatic hydroxyl groups excluding tert-OH is 1. The Morgan fingerprint density at radius 2 is 2.20 bits per heavy atom. The highest BCUT2D eigenvalue weighted by molar-refractivity contribution is 5.44. The van der Waals surface area contributed by atoms with Crippen LogP contribution < -0.4 is 5.73 Å². The van der Waals surface area contributed by atoms with Gasteiger partial charge in [-0.2, -0.15) is 0 Å². The van der Waals surface area contributed by atoms with Gasteiger partial charge in [0, 0.05) is 17.3 Å². The van der Waals surface area contributed by atoms with Crippen LogP contribution in [0.3, 0.4) is 0 Å². The van der Waals surface area contributed by atoms with E-state index in [4.69, 9.17) is 10.2 Å². The molecule has 4 heteroatoms. The van der Waals surface area contributed by atoms with Crippen molar-refractivity contribution in [1.29, 1.82) is 0 Å². The second-order valence-electron chi connectivity index (χ2n) is 3.31. The summed E-state index contributed by atoms with van der Waals surface area (Å²) in [6.07, 6.45) is 2.35. The van der Waals surface area contributed by atoms with Crippen molar-refractivity contribution in [1.82, 2.24) is 4.98 Å². The first-order valence-corrected chi connectivity index (χ1v) is 4.62. The molecule has 78 valence electrons. The second-order valence-corrected chi connectivity index (χ2v) is 3.31.